The van der Waals surface area contributed by atoms with Crippen LogP contribution in [0.25, 0.3) is 21.9 Å². The van der Waals surface area contributed by atoms with E-state index in [0.29, 0.717) is 17.6 Å². The molecule has 0 aliphatic rings. The Hall–Kier alpha value is -3.85. The molecule has 4 aromatic rings. The third kappa shape index (κ3) is 5.04. The number of halogens is 5. The van der Waals surface area contributed by atoms with E-state index >= 15 is 0 Å². The molecule has 34 heavy (non-hydrogen) atoms. The van der Waals surface area contributed by atoms with Gasteiger partial charge in [-0.1, -0.05) is 37.3 Å². The molecule has 0 N–H and O–H groups in total. The van der Waals surface area contributed by atoms with Gasteiger partial charge in [0.05, 0.1) is 17.7 Å². The third-order valence-corrected chi connectivity index (χ3v) is 5.25. The number of hydrogen-bond acceptors (Lipinski definition) is 1. The van der Waals surface area contributed by atoms with Gasteiger partial charge in [-0.15, -0.1) is 0 Å². The van der Waals surface area contributed by atoms with Crippen LogP contribution in [0.15, 0.2) is 60.7 Å². The molecule has 0 radical (unpaired) electrons. The van der Waals surface area contributed by atoms with E-state index < -0.39 is 34.4 Å². The molecule has 0 heterocycles. The minimum absolute atomic E-state index is 0.00811. The van der Waals surface area contributed by atoms with Crippen LogP contribution in [-0.4, -0.2) is 6.61 Å². The van der Waals surface area contributed by atoms with Gasteiger partial charge < -0.3 is 4.74 Å². The van der Waals surface area contributed by atoms with Crippen molar-refractivity contribution in [3.63, 3.8) is 0 Å². The van der Waals surface area contributed by atoms with E-state index in [2.05, 4.69) is 11.8 Å². The smallest absolute Gasteiger partial charge is 0.142 e. The highest BCUT2D eigenvalue weighted by Gasteiger charge is 2.18. The van der Waals surface area contributed by atoms with Crippen LogP contribution in [0.2, 0.25) is 0 Å². The predicted octanol–water partition coefficient (Wildman–Crippen LogP) is 7.78. The van der Waals surface area contributed by atoms with Gasteiger partial charge in [-0.25, -0.2) is 22.0 Å². The first-order valence-corrected chi connectivity index (χ1v) is 10.7. The minimum Gasteiger partial charge on any atom is -0.493 e. The highest BCUT2D eigenvalue weighted by Crippen LogP contribution is 2.32. The van der Waals surface area contributed by atoms with Gasteiger partial charge in [0.2, 0.25) is 0 Å². The second-order valence-corrected chi connectivity index (χ2v) is 7.74. The lowest BCUT2D eigenvalue weighted by atomic mass is 10.0. The van der Waals surface area contributed by atoms with Crippen molar-refractivity contribution in [3.05, 3.63) is 101 Å². The van der Waals surface area contributed by atoms with Gasteiger partial charge in [-0.3, -0.25) is 0 Å². The maximum absolute atomic E-state index is 14.7. The number of fused-ring (bicyclic) bond motifs is 1. The number of hydrogen-bond donors (Lipinski definition) is 0. The third-order valence-electron chi connectivity index (χ3n) is 5.25. The van der Waals surface area contributed by atoms with Crippen LogP contribution >= 0.6 is 0 Å². The zero-order valence-corrected chi connectivity index (χ0v) is 18.2. The first kappa shape index (κ1) is 23.3. The van der Waals surface area contributed by atoms with E-state index in [9.17, 15) is 22.0 Å². The van der Waals surface area contributed by atoms with Crippen molar-refractivity contribution < 1.29 is 26.7 Å². The summed E-state index contributed by atoms with van der Waals surface area (Å²) in [5.41, 5.74) is -0.897. The number of benzene rings is 4. The standard InChI is InChI=1S/C28H19F5O/c1-2-3-10-34-22-15-26(32)28(27(33)16-22)20-13-24(30)23(25(31)14-20)9-5-17-4-6-19-12-21(29)8-7-18(19)11-17/h4,6-8,11-16H,2-3,10H2,1H3. The molecule has 0 aromatic heterocycles. The van der Waals surface area contributed by atoms with Gasteiger partial charge in [0.15, 0.2) is 0 Å². The summed E-state index contributed by atoms with van der Waals surface area (Å²) in [7, 11) is 0. The highest BCUT2D eigenvalue weighted by molar-refractivity contribution is 5.84. The minimum atomic E-state index is -1.05. The van der Waals surface area contributed by atoms with Crippen LogP contribution in [0.3, 0.4) is 0 Å². The molecule has 4 aromatic carbocycles. The van der Waals surface area contributed by atoms with E-state index in [1.807, 2.05) is 6.92 Å². The van der Waals surface area contributed by atoms with Crippen LogP contribution in [-0.2, 0) is 0 Å². The number of unbranched alkanes of at least 4 members (excludes halogenated alkanes) is 1. The van der Waals surface area contributed by atoms with Crippen molar-refractivity contribution in [2.24, 2.45) is 0 Å². The Bertz CT molecular complexity index is 1390. The van der Waals surface area contributed by atoms with Crippen LogP contribution in [0, 0.1) is 40.9 Å². The zero-order chi connectivity index (χ0) is 24.2. The Morgan fingerprint density at radius 2 is 1.35 bits per heavy atom. The van der Waals surface area contributed by atoms with E-state index in [4.69, 9.17) is 4.74 Å². The van der Waals surface area contributed by atoms with Crippen molar-refractivity contribution in [3.8, 4) is 28.7 Å². The zero-order valence-electron chi connectivity index (χ0n) is 18.2. The number of rotatable bonds is 5. The maximum atomic E-state index is 14.7. The first-order valence-electron chi connectivity index (χ1n) is 10.7. The lowest BCUT2D eigenvalue weighted by Crippen LogP contribution is -2.00. The summed E-state index contributed by atoms with van der Waals surface area (Å²) in [5, 5.41) is 1.38. The van der Waals surface area contributed by atoms with Gasteiger partial charge in [-0.05, 0) is 59.2 Å². The summed E-state index contributed by atoms with van der Waals surface area (Å²) in [5.74, 6) is 0.672. The van der Waals surface area contributed by atoms with Crippen molar-refractivity contribution in [1.29, 1.82) is 0 Å². The largest absolute Gasteiger partial charge is 0.493 e. The first-order chi connectivity index (χ1) is 16.4. The molecule has 0 amide bonds. The molecule has 0 spiro atoms. The molecule has 1 nitrogen and oxygen atoms in total. The molecule has 0 aliphatic heterocycles. The second kappa shape index (κ2) is 9.96. The fraction of sp³-hybridized carbons (Fsp3) is 0.143. The average molecular weight is 466 g/mol. The van der Waals surface area contributed by atoms with Gasteiger partial charge in [0, 0.05) is 17.7 Å². The SMILES string of the molecule is CCCCOc1cc(F)c(-c2cc(F)c(C#Cc3ccc4cc(F)ccc4c3)c(F)c2)c(F)c1. The number of ether oxygens (including phenoxy) is 1. The topological polar surface area (TPSA) is 9.23 Å². The highest BCUT2D eigenvalue weighted by atomic mass is 19.1. The average Bonchev–Trinajstić information content (AvgIpc) is 2.78. The molecule has 0 aliphatic carbocycles. The lowest BCUT2D eigenvalue weighted by Gasteiger charge is -2.11. The summed E-state index contributed by atoms with van der Waals surface area (Å²) in [6.07, 6.45) is 1.58. The van der Waals surface area contributed by atoms with Gasteiger partial charge in [0.1, 0.15) is 34.8 Å². The van der Waals surface area contributed by atoms with Crippen LogP contribution in [0.1, 0.15) is 30.9 Å². The molecule has 0 bridgehead atoms. The molecule has 0 saturated carbocycles. The molecular formula is C28H19F5O. The molecule has 6 heteroatoms. The van der Waals surface area contributed by atoms with Gasteiger partial charge in [0.25, 0.3) is 0 Å². The lowest BCUT2D eigenvalue weighted by molar-refractivity contribution is 0.306. The summed E-state index contributed by atoms with van der Waals surface area (Å²) < 4.78 is 77.2. The van der Waals surface area contributed by atoms with Crippen molar-refractivity contribution in [2.75, 3.05) is 6.61 Å². The van der Waals surface area contributed by atoms with E-state index in [1.54, 1.807) is 24.3 Å². The molecule has 0 unspecified atom stereocenters. The van der Waals surface area contributed by atoms with Crippen LogP contribution in [0.5, 0.6) is 5.75 Å². The molecule has 0 fully saturated rings. The van der Waals surface area contributed by atoms with Crippen LogP contribution in [0.4, 0.5) is 22.0 Å². The molecule has 0 saturated heterocycles. The van der Waals surface area contributed by atoms with Gasteiger partial charge >= 0.3 is 0 Å². The fourth-order valence-electron chi connectivity index (χ4n) is 3.51. The van der Waals surface area contributed by atoms with E-state index in [0.717, 1.165) is 42.5 Å². The molecule has 0 atom stereocenters. The Kier molecular flexibility index (Phi) is 6.83. The quantitative estimate of drug-likeness (QED) is 0.166. The van der Waals surface area contributed by atoms with Crippen molar-refractivity contribution in [2.45, 2.75) is 19.8 Å². The molecule has 4 rings (SSSR count). The van der Waals surface area contributed by atoms with Crippen LogP contribution < -0.4 is 4.74 Å². The van der Waals surface area contributed by atoms with E-state index in [-0.39, 0.29) is 17.1 Å². The van der Waals surface area contributed by atoms with Crippen molar-refractivity contribution >= 4 is 10.8 Å². The fourth-order valence-corrected chi connectivity index (χ4v) is 3.51. The summed E-state index contributed by atoms with van der Waals surface area (Å²) in [4.78, 5) is 0. The normalized spacial score (nSPS) is 10.8. The monoisotopic (exact) mass is 466 g/mol. The summed E-state index contributed by atoms with van der Waals surface area (Å²) in [6.45, 7) is 2.26. The van der Waals surface area contributed by atoms with Gasteiger partial charge in [-0.2, -0.15) is 0 Å². The molecular weight excluding hydrogens is 447 g/mol. The maximum Gasteiger partial charge on any atom is 0.142 e. The van der Waals surface area contributed by atoms with E-state index in [1.165, 1.54) is 12.1 Å². The Morgan fingerprint density at radius 1 is 0.706 bits per heavy atom. The predicted molar refractivity (Wildman–Crippen MR) is 122 cm³/mol. The Morgan fingerprint density at radius 3 is 2.03 bits per heavy atom. The summed E-state index contributed by atoms with van der Waals surface area (Å²) in [6, 6.07) is 12.8. The Balaban J connectivity index is 1.64. The van der Waals surface area contributed by atoms with Crippen molar-refractivity contribution in [1.82, 2.24) is 0 Å². The molecule has 172 valence electrons. The summed E-state index contributed by atoms with van der Waals surface area (Å²) >= 11 is 0. The Labute approximate surface area is 193 Å². The second-order valence-electron chi connectivity index (χ2n) is 7.74.